The molecule has 3 N–H and O–H groups in total. The summed E-state index contributed by atoms with van der Waals surface area (Å²) in [6.07, 6.45) is 0. The van der Waals surface area contributed by atoms with Gasteiger partial charge in [-0.2, -0.15) is 5.10 Å². The molecule has 29 heavy (non-hydrogen) atoms. The van der Waals surface area contributed by atoms with E-state index in [4.69, 9.17) is 10.7 Å². The van der Waals surface area contributed by atoms with Crippen LogP contribution in [0.1, 0.15) is 11.3 Å². The minimum atomic E-state index is 0. The van der Waals surface area contributed by atoms with Gasteiger partial charge < -0.3 is 11.1 Å². The number of nitrogens with one attached hydrogen (secondary N) is 3. The molecular formula is C21H19AcN6S-. The number of rotatable bonds is 5. The molecule has 0 aliphatic carbocycles. The second-order valence-corrected chi connectivity index (χ2v) is 7.52. The van der Waals surface area contributed by atoms with E-state index in [-0.39, 0.29) is 44.1 Å². The van der Waals surface area contributed by atoms with Gasteiger partial charge in [0.15, 0.2) is 11.0 Å². The summed E-state index contributed by atoms with van der Waals surface area (Å²) in [6.45, 7) is 4.02. The Morgan fingerprint density at radius 1 is 0.931 bits per heavy atom. The van der Waals surface area contributed by atoms with Gasteiger partial charge in [0.25, 0.3) is 0 Å². The quantitative estimate of drug-likeness (QED) is 0.267. The molecule has 0 unspecified atom stereocenters. The molecule has 6 nitrogen and oxygen atoms in total. The van der Waals surface area contributed by atoms with Gasteiger partial charge in [0.1, 0.15) is 5.82 Å². The second kappa shape index (κ2) is 9.75. The van der Waals surface area contributed by atoms with Crippen LogP contribution in [-0.2, 0) is 0 Å². The molecule has 0 aliphatic heterocycles. The van der Waals surface area contributed by atoms with Crippen LogP contribution in [0.2, 0.25) is 0 Å². The number of aryl methyl sites for hydroxylation is 2. The molecule has 2 aromatic heterocycles. The van der Waals surface area contributed by atoms with E-state index in [0.29, 0.717) is 22.5 Å². The largest absolute Gasteiger partial charge is 0.699 e. The van der Waals surface area contributed by atoms with Crippen molar-refractivity contribution >= 4 is 29.1 Å². The molecule has 0 atom stereocenters. The van der Waals surface area contributed by atoms with Crippen LogP contribution < -0.4 is 5.32 Å². The molecular weight excluding hydrogens is 595 g/mol. The van der Waals surface area contributed by atoms with Crippen LogP contribution in [0.5, 0.6) is 0 Å². The molecule has 0 fully saturated rings. The van der Waals surface area contributed by atoms with Crippen molar-refractivity contribution in [2.24, 2.45) is 0 Å². The van der Waals surface area contributed by atoms with Crippen molar-refractivity contribution < 1.29 is 44.1 Å². The maximum Gasteiger partial charge on any atom is 0.194 e. The third-order valence-corrected chi connectivity index (χ3v) is 4.92. The molecule has 4 rings (SSSR count). The zero-order chi connectivity index (χ0) is 19.5. The monoisotopic (exact) mass is 614 g/mol. The minimum Gasteiger partial charge on any atom is -0.699 e. The van der Waals surface area contributed by atoms with Crippen LogP contribution in [0.3, 0.4) is 0 Å². The Balaban J connectivity index is 0.00000240. The number of H-pyrrole nitrogens is 1. The van der Waals surface area contributed by atoms with Crippen LogP contribution in [0.4, 0.5) is 17.3 Å². The predicted molar refractivity (Wildman–Crippen MR) is 113 cm³/mol. The molecule has 4 aromatic rings. The van der Waals surface area contributed by atoms with E-state index >= 15 is 0 Å². The van der Waals surface area contributed by atoms with E-state index in [0.717, 1.165) is 21.8 Å². The first kappa shape index (κ1) is 21.8. The zero-order valence-electron chi connectivity index (χ0n) is 16.1. The fourth-order valence-corrected chi connectivity index (χ4v) is 3.50. The summed E-state index contributed by atoms with van der Waals surface area (Å²) in [5.74, 6) is 1.39. The smallest absolute Gasteiger partial charge is 0.194 e. The van der Waals surface area contributed by atoms with E-state index < -0.39 is 0 Å². The molecule has 2 aromatic carbocycles. The zero-order valence-corrected chi connectivity index (χ0v) is 21.7. The summed E-state index contributed by atoms with van der Waals surface area (Å²) in [5, 5.41) is 11.0. The van der Waals surface area contributed by atoms with E-state index in [2.05, 4.69) is 39.6 Å². The Labute approximate surface area is 209 Å². The number of hydrogen-bond acceptors (Lipinski definition) is 5. The van der Waals surface area contributed by atoms with Gasteiger partial charge in [-0.15, -0.1) is 5.69 Å². The topological polar surface area (TPSA) is 90.3 Å². The summed E-state index contributed by atoms with van der Waals surface area (Å²) in [6, 6.07) is 19.4. The van der Waals surface area contributed by atoms with Gasteiger partial charge in [-0.3, -0.25) is 5.10 Å². The van der Waals surface area contributed by atoms with Gasteiger partial charge in [-0.25, -0.2) is 9.97 Å². The first-order valence-electron chi connectivity index (χ1n) is 8.80. The van der Waals surface area contributed by atoms with Gasteiger partial charge in [-0.05, 0) is 43.8 Å². The third kappa shape index (κ3) is 5.82. The summed E-state index contributed by atoms with van der Waals surface area (Å²) in [7, 11) is 0. The van der Waals surface area contributed by atoms with Crippen LogP contribution >= 0.6 is 11.8 Å². The Bertz CT molecular complexity index is 1110. The Hall–Kier alpha value is -1.88. The maximum atomic E-state index is 7.64. The average molecular weight is 614 g/mol. The van der Waals surface area contributed by atoms with Gasteiger partial charge >= 0.3 is 0 Å². The number of hydrogen-bond donors (Lipinski definition) is 2. The summed E-state index contributed by atoms with van der Waals surface area (Å²) < 4.78 is 0. The molecule has 0 spiro atoms. The van der Waals surface area contributed by atoms with Crippen molar-refractivity contribution in [3.63, 3.8) is 0 Å². The van der Waals surface area contributed by atoms with Crippen LogP contribution in [-0.4, -0.2) is 20.2 Å². The van der Waals surface area contributed by atoms with E-state index in [1.165, 1.54) is 17.3 Å². The number of aromatic amines is 1. The van der Waals surface area contributed by atoms with Gasteiger partial charge in [0.2, 0.25) is 0 Å². The predicted octanol–water partition coefficient (Wildman–Crippen LogP) is 6.06. The molecule has 2 heterocycles. The SMILES string of the molecule is Cc1cccc(-c2cc(Nc3cc(C)[nH]n3)nc(Sc3ccc([NH-])cc3)n2)c1.[Ac]. The second-order valence-electron chi connectivity index (χ2n) is 6.48. The summed E-state index contributed by atoms with van der Waals surface area (Å²) in [5.41, 5.74) is 12.1. The molecule has 0 amide bonds. The van der Waals surface area contributed by atoms with Crippen molar-refractivity contribution in [1.29, 1.82) is 0 Å². The van der Waals surface area contributed by atoms with Crippen molar-refractivity contribution in [3.05, 3.63) is 77.7 Å². The minimum absolute atomic E-state index is 0. The number of anilines is 2. The van der Waals surface area contributed by atoms with Crippen molar-refractivity contribution in [2.75, 3.05) is 5.32 Å². The standard InChI is InChI=1S/C21H19N6S.Ac/c1-13-4-3-5-15(10-13)18-12-19(24-20-11-14(2)26-27-20)25-21(23-18)28-17-8-6-16(22)7-9-17;/h3-12,22H,1-2H3,(H2,23,24,25,26,27);/q-1;. The molecule has 0 aliphatic rings. The van der Waals surface area contributed by atoms with Crippen LogP contribution in [0.25, 0.3) is 17.0 Å². The summed E-state index contributed by atoms with van der Waals surface area (Å²) >= 11 is 1.47. The number of nitrogens with zero attached hydrogens (tertiary/aromatic N) is 3. The fourth-order valence-electron chi connectivity index (χ4n) is 2.73. The molecule has 8 heteroatoms. The fraction of sp³-hybridized carbons (Fsp3) is 0.0952. The van der Waals surface area contributed by atoms with Crippen LogP contribution in [0, 0.1) is 57.9 Å². The van der Waals surface area contributed by atoms with Crippen molar-refractivity contribution in [2.45, 2.75) is 23.9 Å². The van der Waals surface area contributed by atoms with E-state index in [9.17, 15) is 0 Å². The average Bonchev–Trinajstić information content (AvgIpc) is 3.08. The first-order valence-corrected chi connectivity index (χ1v) is 9.61. The van der Waals surface area contributed by atoms with E-state index in [1.807, 2.05) is 43.3 Å². The maximum absolute atomic E-state index is 7.64. The van der Waals surface area contributed by atoms with Gasteiger partial charge in [0, 0.05) is 72.3 Å². The molecule has 1 radical (unpaired) electrons. The van der Waals surface area contributed by atoms with Crippen molar-refractivity contribution in [3.8, 4) is 11.3 Å². The van der Waals surface area contributed by atoms with E-state index in [1.54, 1.807) is 12.1 Å². The molecule has 143 valence electrons. The Kier molecular flexibility index (Phi) is 7.34. The normalized spacial score (nSPS) is 10.4. The summed E-state index contributed by atoms with van der Waals surface area (Å²) in [4.78, 5) is 10.4. The Morgan fingerprint density at radius 2 is 1.72 bits per heavy atom. The first-order chi connectivity index (χ1) is 13.5. The molecule has 0 saturated carbocycles. The number of aromatic nitrogens is 4. The number of benzene rings is 2. The Morgan fingerprint density at radius 3 is 2.41 bits per heavy atom. The van der Waals surface area contributed by atoms with Crippen molar-refractivity contribution in [1.82, 2.24) is 20.2 Å². The van der Waals surface area contributed by atoms with Gasteiger partial charge in [0.05, 0.1) is 5.69 Å². The third-order valence-electron chi connectivity index (χ3n) is 4.04. The molecule has 0 saturated heterocycles. The van der Waals surface area contributed by atoms with Gasteiger partial charge in [-0.1, -0.05) is 35.9 Å². The molecule has 0 bridgehead atoms. The van der Waals surface area contributed by atoms with Crippen LogP contribution in [0.15, 0.2) is 70.7 Å².